The summed E-state index contributed by atoms with van der Waals surface area (Å²) in [5.41, 5.74) is 0.654. The van der Waals surface area contributed by atoms with Crippen LogP contribution >= 0.6 is 0 Å². The molecule has 2 aromatic rings. The van der Waals surface area contributed by atoms with E-state index in [4.69, 9.17) is 0 Å². The first-order chi connectivity index (χ1) is 12.5. The Bertz CT molecular complexity index is 747. The zero-order valence-electron chi connectivity index (χ0n) is 14.5. The van der Waals surface area contributed by atoms with Gasteiger partial charge in [0.25, 0.3) is 0 Å². The van der Waals surface area contributed by atoms with E-state index in [1.54, 1.807) is 0 Å². The Hall–Kier alpha value is -2.08. The van der Waals surface area contributed by atoms with Gasteiger partial charge in [-0.1, -0.05) is 30.3 Å². The number of pyridine rings is 1. The van der Waals surface area contributed by atoms with Crippen molar-refractivity contribution in [1.82, 2.24) is 9.88 Å². The second-order valence-electron chi connectivity index (χ2n) is 7.33. The molecule has 6 heteroatoms. The van der Waals surface area contributed by atoms with Gasteiger partial charge in [0.05, 0.1) is 5.56 Å². The molecule has 0 aliphatic carbocycles. The molecule has 0 saturated carbocycles. The van der Waals surface area contributed by atoms with Crippen molar-refractivity contribution in [2.75, 3.05) is 24.5 Å². The smallest absolute Gasteiger partial charge is 0.352 e. The van der Waals surface area contributed by atoms with E-state index in [0.717, 1.165) is 45.1 Å². The molecule has 0 spiro atoms. The Morgan fingerprint density at radius 3 is 2.58 bits per heavy atom. The van der Waals surface area contributed by atoms with Crippen molar-refractivity contribution in [2.24, 2.45) is 5.92 Å². The van der Waals surface area contributed by atoms with E-state index in [1.165, 1.54) is 17.8 Å². The van der Waals surface area contributed by atoms with E-state index >= 15 is 0 Å². The third-order valence-electron chi connectivity index (χ3n) is 5.41. The van der Waals surface area contributed by atoms with Crippen molar-refractivity contribution in [1.29, 1.82) is 0 Å². The zero-order chi connectivity index (χ0) is 18.1. The van der Waals surface area contributed by atoms with E-state index in [0.29, 0.717) is 11.7 Å². The lowest BCUT2D eigenvalue weighted by atomic mass is 9.95. The molecule has 3 aliphatic heterocycles. The molecule has 3 fully saturated rings. The third-order valence-corrected chi connectivity index (χ3v) is 5.41. The van der Waals surface area contributed by atoms with Crippen LogP contribution < -0.4 is 4.90 Å². The Morgan fingerprint density at radius 1 is 1.00 bits per heavy atom. The summed E-state index contributed by atoms with van der Waals surface area (Å²) >= 11 is 0. The first-order valence-electron chi connectivity index (χ1n) is 9.05. The summed E-state index contributed by atoms with van der Waals surface area (Å²) in [6.07, 6.45) is -0.917. The molecule has 3 aliphatic rings. The van der Waals surface area contributed by atoms with Crippen LogP contribution in [0.5, 0.6) is 0 Å². The maximum atomic E-state index is 13.1. The molecule has 3 saturated heterocycles. The highest BCUT2D eigenvalue weighted by molar-refractivity contribution is 5.44. The molecular weight excluding hydrogens is 339 g/mol. The van der Waals surface area contributed by atoms with Crippen molar-refractivity contribution in [3.05, 3.63) is 59.8 Å². The average Bonchev–Trinajstić information content (AvgIpc) is 2.92. The van der Waals surface area contributed by atoms with Crippen LogP contribution in [0.1, 0.15) is 24.0 Å². The number of anilines is 1. The largest absolute Gasteiger partial charge is 0.416 e. The summed E-state index contributed by atoms with van der Waals surface area (Å²) in [4.78, 5) is 8.78. The van der Waals surface area contributed by atoms with E-state index in [-0.39, 0.29) is 6.04 Å². The minimum absolute atomic E-state index is 0.216. The maximum absolute atomic E-state index is 13.1. The predicted octanol–water partition coefficient (Wildman–Crippen LogP) is 4.20. The average molecular weight is 361 g/mol. The molecular formula is C20H22F3N3. The molecule has 0 radical (unpaired) electrons. The monoisotopic (exact) mass is 361 g/mol. The number of benzene rings is 1. The molecule has 2 atom stereocenters. The van der Waals surface area contributed by atoms with Gasteiger partial charge in [0.1, 0.15) is 5.82 Å². The van der Waals surface area contributed by atoms with Crippen molar-refractivity contribution >= 4 is 5.82 Å². The molecule has 4 heterocycles. The fraction of sp³-hybridized carbons (Fsp3) is 0.450. The van der Waals surface area contributed by atoms with Crippen LogP contribution in [-0.4, -0.2) is 35.6 Å². The topological polar surface area (TPSA) is 19.4 Å². The number of halogens is 3. The van der Waals surface area contributed by atoms with Gasteiger partial charge < -0.3 is 4.90 Å². The first-order valence-corrected chi connectivity index (χ1v) is 9.05. The molecule has 0 N–H and O–H groups in total. The third kappa shape index (κ3) is 3.70. The van der Waals surface area contributed by atoms with Crippen molar-refractivity contribution in [2.45, 2.75) is 31.6 Å². The van der Waals surface area contributed by atoms with Crippen LogP contribution in [0.15, 0.2) is 48.7 Å². The van der Waals surface area contributed by atoms with Gasteiger partial charge in [0.2, 0.25) is 0 Å². The molecule has 1 unspecified atom stereocenters. The van der Waals surface area contributed by atoms with E-state index < -0.39 is 11.7 Å². The van der Waals surface area contributed by atoms with Gasteiger partial charge >= 0.3 is 6.18 Å². The highest BCUT2D eigenvalue weighted by atomic mass is 19.4. The summed E-state index contributed by atoms with van der Waals surface area (Å²) in [6, 6.07) is 12.8. The van der Waals surface area contributed by atoms with Crippen LogP contribution in [0.25, 0.3) is 0 Å². The highest BCUT2D eigenvalue weighted by Crippen LogP contribution is 2.35. The fourth-order valence-electron chi connectivity index (χ4n) is 4.18. The molecule has 1 aromatic heterocycles. The van der Waals surface area contributed by atoms with E-state index in [9.17, 15) is 13.2 Å². The molecule has 26 heavy (non-hydrogen) atoms. The lowest BCUT2D eigenvalue weighted by Crippen LogP contribution is -2.44. The van der Waals surface area contributed by atoms with E-state index in [2.05, 4.69) is 26.9 Å². The minimum Gasteiger partial charge on any atom is -0.352 e. The Kier molecular flexibility index (Phi) is 4.61. The Morgan fingerprint density at radius 2 is 1.81 bits per heavy atom. The summed E-state index contributed by atoms with van der Waals surface area (Å²) in [5, 5.41) is 0. The van der Waals surface area contributed by atoms with Crippen molar-refractivity contribution in [3.63, 3.8) is 0 Å². The van der Waals surface area contributed by atoms with Gasteiger partial charge in [-0.2, -0.15) is 13.2 Å². The van der Waals surface area contributed by atoms with Crippen molar-refractivity contribution in [3.8, 4) is 0 Å². The standard InChI is InChI=1S/C20H22F3N3/c21-20(22,23)17-8-9-24-19(10-17)26-13-16-6-7-18(26)14-25(12-16)11-15-4-2-1-3-5-15/h1-5,8-10,16,18H,6-7,11-14H2/t16?,18-/m0/s1. The van der Waals surface area contributed by atoms with Gasteiger partial charge in [-0.25, -0.2) is 4.98 Å². The zero-order valence-corrected chi connectivity index (χ0v) is 14.5. The van der Waals surface area contributed by atoms with Gasteiger partial charge in [-0.3, -0.25) is 4.90 Å². The number of rotatable bonds is 3. The molecule has 2 bridgehead atoms. The van der Waals surface area contributed by atoms with Crippen LogP contribution in [0.3, 0.4) is 0 Å². The fourth-order valence-corrected chi connectivity index (χ4v) is 4.18. The summed E-state index contributed by atoms with van der Waals surface area (Å²) < 4.78 is 39.2. The molecule has 1 aromatic carbocycles. The van der Waals surface area contributed by atoms with Gasteiger partial charge in [-0.05, 0) is 36.5 Å². The number of aromatic nitrogens is 1. The number of hydrogen-bond acceptors (Lipinski definition) is 3. The van der Waals surface area contributed by atoms with Crippen molar-refractivity contribution < 1.29 is 13.2 Å². The first kappa shape index (κ1) is 17.3. The second-order valence-corrected chi connectivity index (χ2v) is 7.33. The minimum atomic E-state index is -4.33. The van der Waals surface area contributed by atoms with Crippen LogP contribution in [-0.2, 0) is 12.7 Å². The lowest BCUT2D eigenvalue weighted by molar-refractivity contribution is -0.137. The number of hydrogen-bond donors (Lipinski definition) is 0. The molecule has 138 valence electrons. The molecule has 3 nitrogen and oxygen atoms in total. The van der Waals surface area contributed by atoms with Gasteiger partial charge in [-0.15, -0.1) is 0 Å². The highest BCUT2D eigenvalue weighted by Gasteiger charge is 2.37. The molecule has 5 rings (SSSR count). The molecule has 0 amide bonds. The Balaban J connectivity index is 1.54. The summed E-state index contributed by atoms with van der Waals surface area (Å²) in [7, 11) is 0. The van der Waals surface area contributed by atoms with Gasteiger partial charge in [0.15, 0.2) is 0 Å². The number of nitrogens with zero attached hydrogens (tertiary/aromatic N) is 3. The maximum Gasteiger partial charge on any atom is 0.416 e. The number of fused-ring (bicyclic) bond motifs is 4. The van der Waals surface area contributed by atoms with Crippen LogP contribution in [0, 0.1) is 5.92 Å². The SMILES string of the molecule is FC(F)(F)c1ccnc(N2CC3CC[C@H]2CN(Cc2ccccc2)C3)c1. The summed E-state index contributed by atoms with van der Waals surface area (Å²) in [5.74, 6) is 0.921. The number of alkyl halides is 3. The summed E-state index contributed by atoms with van der Waals surface area (Å²) in [6.45, 7) is 3.52. The second kappa shape index (κ2) is 6.91. The quantitative estimate of drug-likeness (QED) is 0.817. The van der Waals surface area contributed by atoms with Gasteiger partial charge in [0, 0.05) is 38.4 Å². The normalized spacial score (nSPS) is 23.9. The van der Waals surface area contributed by atoms with E-state index in [1.807, 2.05) is 18.2 Å². The van der Waals surface area contributed by atoms with Crippen LogP contribution in [0.4, 0.5) is 19.0 Å². The predicted molar refractivity (Wildman–Crippen MR) is 94.8 cm³/mol. The lowest BCUT2D eigenvalue weighted by Gasteiger charge is -2.37. The number of piperidine rings is 1. The van der Waals surface area contributed by atoms with Crippen LogP contribution in [0.2, 0.25) is 0 Å². The Labute approximate surface area is 151 Å².